The third-order valence-electron chi connectivity index (χ3n) is 3.25. The molecule has 104 valence electrons. The fraction of sp³-hybridized carbons (Fsp3) is 0.562. The standard InChI is InChI=1S/C16H24N2O/c1-4-19-12-16(13(2)3)18-11-15(10-17)14-8-6-5-7-9-14/h5-9,13,15-16,18H,4,11-12H2,1-3H3. The largest absolute Gasteiger partial charge is 0.380 e. The quantitative estimate of drug-likeness (QED) is 0.781. The number of hydrogen-bond acceptors (Lipinski definition) is 3. The second-order valence-corrected chi connectivity index (χ2v) is 5.01. The number of rotatable bonds is 8. The van der Waals surface area contributed by atoms with Crippen LogP contribution in [0, 0.1) is 17.2 Å². The minimum absolute atomic E-state index is 0.107. The molecule has 0 spiro atoms. The van der Waals surface area contributed by atoms with E-state index in [0.717, 1.165) is 12.2 Å². The summed E-state index contributed by atoms with van der Waals surface area (Å²) in [4.78, 5) is 0. The van der Waals surface area contributed by atoms with Gasteiger partial charge in [0.1, 0.15) is 0 Å². The van der Waals surface area contributed by atoms with E-state index < -0.39 is 0 Å². The van der Waals surface area contributed by atoms with Crippen molar-refractivity contribution in [1.82, 2.24) is 5.32 Å². The summed E-state index contributed by atoms with van der Waals surface area (Å²) in [5, 5.41) is 12.7. The minimum Gasteiger partial charge on any atom is -0.380 e. The molecule has 0 aliphatic heterocycles. The average molecular weight is 260 g/mol. The van der Waals surface area contributed by atoms with Crippen LogP contribution in [0.2, 0.25) is 0 Å². The third-order valence-corrected chi connectivity index (χ3v) is 3.25. The molecule has 2 unspecified atom stereocenters. The summed E-state index contributed by atoms with van der Waals surface area (Å²) < 4.78 is 5.48. The van der Waals surface area contributed by atoms with Crippen LogP contribution in [0.3, 0.4) is 0 Å². The number of nitrogens with zero attached hydrogens (tertiary/aromatic N) is 1. The first-order valence-electron chi connectivity index (χ1n) is 6.94. The van der Waals surface area contributed by atoms with Crippen molar-refractivity contribution in [2.24, 2.45) is 5.92 Å². The molecule has 0 saturated heterocycles. The molecule has 0 heterocycles. The Morgan fingerprint density at radius 1 is 1.26 bits per heavy atom. The summed E-state index contributed by atoms with van der Waals surface area (Å²) in [6, 6.07) is 12.6. The van der Waals surface area contributed by atoms with Crippen molar-refractivity contribution in [2.45, 2.75) is 32.7 Å². The van der Waals surface area contributed by atoms with Gasteiger partial charge < -0.3 is 10.1 Å². The lowest BCUT2D eigenvalue weighted by Crippen LogP contribution is -2.40. The zero-order valence-corrected chi connectivity index (χ0v) is 12.1. The van der Waals surface area contributed by atoms with Crippen molar-refractivity contribution in [3.8, 4) is 6.07 Å². The summed E-state index contributed by atoms with van der Waals surface area (Å²) in [6.07, 6.45) is 0. The molecule has 0 bridgehead atoms. The molecule has 1 N–H and O–H groups in total. The maximum Gasteiger partial charge on any atom is 0.0837 e. The topological polar surface area (TPSA) is 45.0 Å². The molecule has 0 aliphatic carbocycles. The van der Waals surface area contributed by atoms with Crippen molar-refractivity contribution < 1.29 is 4.74 Å². The maximum absolute atomic E-state index is 9.29. The molecule has 1 rings (SSSR count). The predicted octanol–water partition coefficient (Wildman–Crippen LogP) is 2.94. The Hall–Kier alpha value is -1.37. The zero-order valence-electron chi connectivity index (χ0n) is 12.1. The molecule has 1 aromatic carbocycles. The van der Waals surface area contributed by atoms with Crippen molar-refractivity contribution >= 4 is 0 Å². The first kappa shape index (κ1) is 15.7. The number of nitriles is 1. The van der Waals surface area contributed by atoms with Gasteiger partial charge in [-0.3, -0.25) is 0 Å². The Kier molecular flexibility index (Phi) is 7.17. The van der Waals surface area contributed by atoms with Gasteiger partial charge in [-0.25, -0.2) is 0 Å². The van der Waals surface area contributed by atoms with Gasteiger partial charge in [0, 0.05) is 19.2 Å². The smallest absolute Gasteiger partial charge is 0.0837 e. The van der Waals surface area contributed by atoms with E-state index in [1.807, 2.05) is 37.3 Å². The van der Waals surface area contributed by atoms with Gasteiger partial charge in [-0.1, -0.05) is 44.2 Å². The molecule has 2 atom stereocenters. The molecule has 1 aromatic rings. The van der Waals surface area contributed by atoms with Crippen molar-refractivity contribution in [1.29, 1.82) is 5.26 Å². The highest BCUT2D eigenvalue weighted by atomic mass is 16.5. The van der Waals surface area contributed by atoms with Gasteiger partial charge in [-0.15, -0.1) is 0 Å². The first-order chi connectivity index (χ1) is 9.19. The summed E-state index contributed by atoms with van der Waals surface area (Å²) >= 11 is 0. The monoisotopic (exact) mass is 260 g/mol. The Bertz CT molecular complexity index is 383. The van der Waals surface area contributed by atoms with Crippen molar-refractivity contribution in [3.63, 3.8) is 0 Å². The van der Waals surface area contributed by atoms with Crippen LogP contribution < -0.4 is 5.32 Å². The van der Waals surface area contributed by atoms with E-state index in [4.69, 9.17) is 4.74 Å². The van der Waals surface area contributed by atoms with Gasteiger partial charge >= 0.3 is 0 Å². The van der Waals surface area contributed by atoms with E-state index >= 15 is 0 Å². The Morgan fingerprint density at radius 2 is 1.95 bits per heavy atom. The van der Waals surface area contributed by atoms with Gasteiger partial charge in [-0.2, -0.15) is 5.26 Å². The van der Waals surface area contributed by atoms with E-state index in [0.29, 0.717) is 25.1 Å². The summed E-state index contributed by atoms with van der Waals surface area (Å²) in [5.74, 6) is 0.380. The summed E-state index contributed by atoms with van der Waals surface area (Å²) in [6.45, 7) is 8.42. The predicted molar refractivity (Wildman–Crippen MR) is 77.9 cm³/mol. The van der Waals surface area contributed by atoms with Crippen molar-refractivity contribution in [2.75, 3.05) is 19.8 Å². The molecule has 0 aliphatic rings. The highest BCUT2D eigenvalue weighted by Crippen LogP contribution is 2.14. The molecule has 0 amide bonds. The second kappa shape index (κ2) is 8.68. The zero-order chi connectivity index (χ0) is 14.1. The lowest BCUT2D eigenvalue weighted by atomic mass is 9.99. The van der Waals surface area contributed by atoms with Crippen LogP contribution in [0.1, 0.15) is 32.3 Å². The van der Waals surface area contributed by atoms with Crippen LogP contribution in [-0.4, -0.2) is 25.8 Å². The highest BCUT2D eigenvalue weighted by molar-refractivity contribution is 5.25. The molecule has 0 aromatic heterocycles. The summed E-state index contributed by atoms with van der Waals surface area (Å²) in [5.41, 5.74) is 1.07. The number of benzene rings is 1. The molecular formula is C16H24N2O. The van der Waals surface area contributed by atoms with Gasteiger partial charge in [-0.05, 0) is 18.4 Å². The van der Waals surface area contributed by atoms with E-state index in [9.17, 15) is 5.26 Å². The fourth-order valence-corrected chi connectivity index (χ4v) is 1.92. The molecule has 3 nitrogen and oxygen atoms in total. The molecular weight excluding hydrogens is 236 g/mol. The number of nitrogens with one attached hydrogen (secondary N) is 1. The SMILES string of the molecule is CCOCC(NCC(C#N)c1ccccc1)C(C)C. The van der Waals surface area contributed by atoms with Crippen LogP contribution in [0.4, 0.5) is 0 Å². The summed E-state index contributed by atoms with van der Waals surface area (Å²) in [7, 11) is 0. The van der Waals surface area contributed by atoms with Crippen LogP contribution in [0.15, 0.2) is 30.3 Å². The lowest BCUT2D eigenvalue weighted by molar-refractivity contribution is 0.108. The second-order valence-electron chi connectivity index (χ2n) is 5.01. The molecule has 19 heavy (non-hydrogen) atoms. The van der Waals surface area contributed by atoms with E-state index in [-0.39, 0.29) is 5.92 Å². The number of ether oxygens (including phenoxy) is 1. The third kappa shape index (κ3) is 5.42. The lowest BCUT2D eigenvalue weighted by Gasteiger charge is -2.23. The van der Waals surface area contributed by atoms with Crippen LogP contribution in [-0.2, 0) is 4.74 Å². The number of hydrogen-bond donors (Lipinski definition) is 1. The van der Waals surface area contributed by atoms with Crippen LogP contribution >= 0.6 is 0 Å². The van der Waals surface area contributed by atoms with E-state index in [1.165, 1.54) is 0 Å². The Labute approximate surface area is 116 Å². The van der Waals surface area contributed by atoms with Gasteiger partial charge in [0.25, 0.3) is 0 Å². The fourth-order valence-electron chi connectivity index (χ4n) is 1.92. The van der Waals surface area contributed by atoms with Crippen LogP contribution in [0.25, 0.3) is 0 Å². The van der Waals surface area contributed by atoms with E-state index in [2.05, 4.69) is 25.2 Å². The maximum atomic E-state index is 9.29. The van der Waals surface area contributed by atoms with E-state index in [1.54, 1.807) is 0 Å². The molecule has 0 radical (unpaired) electrons. The molecule has 0 saturated carbocycles. The normalized spacial score (nSPS) is 14.1. The Morgan fingerprint density at radius 3 is 2.47 bits per heavy atom. The van der Waals surface area contributed by atoms with Gasteiger partial charge in [0.15, 0.2) is 0 Å². The minimum atomic E-state index is -0.107. The molecule has 0 fully saturated rings. The van der Waals surface area contributed by atoms with Crippen molar-refractivity contribution in [3.05, 3.63) is 35.9 Å². The first-order valence-corrected chi connectivity index (χ1v) is 6.94. The van der Waals surface area contributed by atoms with Gasteiger partial charge in [0.2, 0.25) is 0 Å². The Balaban J connectivity index is 2.54. The molecule has 3 heteroatoms. The van der Waals surface area contributed by atoms with Crippen LogP contribution in [0.5, 0.6) is 0 Å². The average Bonchev–Trinajstić information content (AvgIpc) is 2.43. The van der Waals surface area contributed by atoms with Gasteiger partial charge in [0.05, 0.1) is 18.6 Å². The highest BCUT2D eigenvalue weighted by Gasteiger charge is 2.16.